The van der Waals surface area contributed by atoms with Gasteiger partial charge in [-0.2, -0.15) is 0 Å². The van der Waals surface area contributed by atoms with E-state index >= 15 is 0 Å². The van der Waals surface area contributed by atoms with Crippen LogP contribution in [0.2, 0.25) is 0 Å². The molecular formula is C50H86N2O35. The fourth-order valence-electron chi connectivity index (χ4n) is 11.7. The van der Waals surface area contributed by atoms with Crippen molar-refractivity contribution >= 4 is 5.91 Å². The van der Waals surface area contributed by atoms with Crippen molar-refractivity contribution in [1.82, 2.24) is 10.6 Å². The van der Waals surface area contributed by atoms with Crippen LogP contribution in [0.25, 0.3) is 0 Å². The molecule has 21 aliphatic heterocycles. The van der Waals surface area contributed by atoms with E-state index in [0.29, 0.717) is 32.4 Å². The first-order valence-electron chi connectivity index (χ1n) is 28.8. The van der Waals surface area contributed by atoms with Crippen molar-refractivity contribution in [2.45, 2.75) is 248 Å². The summed E-state index contributed by atoms with van der Waals surface area (Å²) in [7, 11) is 0. The van der Waals surface area contributed by atoms with Gasteiger partial charge < -0.3 is 179 Å². The van der Waals surface area contributed by atoms with Crippen molar-refractivity contribution < 1.29 is 173 Å². The number of aliphatic hydroxyl groups is 20. The maximum absolute atomic E-state index is 11.8. The summed E-state index contributed by atoms with van der Waals surface area (Å²) in [4.78, 5) is 11.3. The second-order valence-electron chi connectivity index (χ2n) is 22.6. The zero-order valence-corrected chi connectivity index (χ0v) is 47.0. The zero-order valence-electron chi connectivity index (χ0n) is 47.0. The number of aliphatic hydroxyl groups excluding tert-OH is 20. The minimum Gasteiger partial charge on any atom is -0.394 e. The Morgan fingerprint density at radius 1 is 0.276 bits per heavy atom. The molecule has 35 atom stereocenters. The number of rotatable bonds is 15. The molecule has 0 aromatic heterocycles. The molecule has 21 fully saturated rings. The van der Waals surface area contributed by atoms with Gasteiger partial charge in [0.15, 0.2) is 44.0 Å². The second kappa shape index (κ2) is 31.8. The van der Waals surface area contributed by atoms with Gasteiger partial charge >= 0.3 is 0 Å². The lowest BCUT2D eigenvalue weighted by Gasteiger charge is -2.50. The Balaban J connectivity index is 1.07. The van der Waals surface area contributed by atoms with Gasteiger partial charge in [-0.05, 0) is 19.4 Å². The van der Waals surface area contributed by atoms with Crippen molar-refractivity contribution in [1.29, 1.82) is 0 Å². The van der Waals surface area contributed by atoms with Gasteiger partial charge in [0, 0.05) is 20.0 Å². The highest BCUT2D eigenvalue weighted by Crippen LogP contribution is 2.39. The number of nitrogens with one attached hydrogen (secondary N) is 2. The number of hydrogen-bond acceptors (Lipinski definition) is 36. The van der Waals surface area contributed by atoms with Gasteiger partial charge in [-0.25, -0.2) is 0 Å². The highest BCUT2D eigenvalue weighted by Gasteiger charge is 2.59. The molecule has 0 aromatic carbocycles. The molecule has 0 unspecified atom stereocenters. The smallest absolute Gasteiger partial charge is 0.216 e. The van der Waals surface area contributed by atoms with Gasteiger partial charge in [0.25, 0.3) is 0 Å². The quantitative estimate of drug-likeness (QED) is 0.0677. The zero-order chi connectivity index (χ0) is 63.3. The van der Waals surface area contributed by atoms with E-state index in [9.17, 15) is 107 Å². The first-order chi connectivity index (χ1) is 41.5. The highest BCUT2D eigenvalue weighted by atomic mass is 16.8. The molecule has 0 aromatic rings. The topological polar surface area (TPSA) is 575 Å². The van der Waals surface area contributed by atoms with Crippen LogP contribution in [0.15, 0.2) is 0 Å². The van der Waals surface area contributed by atoms with E-state index in [1.165, 1.54) is 6.92 Å². The molecule has 22 N–H and O–H groups in total. The van der Waals surface area contributed by atoms with E-state index in [1.807, 2.05) is 0 Å². The molecule has 21 rings (SSSR count). The lowest BCUT2D eigenvalue weighted by atomic mass is 9.95. The molecule has 1 amide bonds. The number of carbonyl (C=O) groups excluding carboxylic acids is 1. The third kappa shape index (κ3) is 15.7. The molecule has 0 saturated carbocycles. The summed E-state index contributed by atoms with van der Waals surface area (Å²) in [6, 6.07) is 0. The van der Waals surface area contributed by atoms with Crippen LogP contribution in [-0.4, -0.2) is 382 Å². The maximum atomic E-state index is 11.8. The molecule has 21 heterocycles. The average molecular weight is 1280 g/mol. The summed E-state index contributed by atoms with van der Waals surface area (Å²) in [5, 5.41) is 229. The van der Waals surface area contributed by atoms with E-state index in [1.54, 1.807) is 0 Å². The molecule has 0 aliphatic carbocycles. The number of amides is 1. The third-order valence-electron chi connectivity index (χ3n) is 16.6. The summed E-state index contributed by atoms with van der Waals surface area (Å²) in [6.45, 7) is -4.30. The molecule has 0 spiro atoms. The standard InChI is InChI=1S/C50H86N2O35/c1-15(59)52-7-5-3-2-4-6-51-8-16-37-23(60)30(67)44(74-16)82-38-17(9-53)76-46(32(69)25(38)62)84-40-19(11-55)78-48(34(71)27(40)64)86-42-21(13-57)80-50(36(73)29(42)66)87-43-22(14-58)79-49(35(72)28(43)65)85-41-20(12-56)77-47(33(70)26(41)63)83-39-18(10-54)75-45(81-37)31(68)24(39)61/h16-51,53-58,60-73H,2-14H2,1H3,(H,52,59)/t16-,17+,18-,19+,20-,21+,22-,23+,24-,25-,26+,27-,28+,29+,30-,31-,32-,33+,34+,35+,36+,37+,38+,39+,40+,41+,42+,43+,44+,45+,46+,47+,48+,49+,50+/m0/s1. The number of unbranched alkanes of at least 4 members (excludes halogenated alkanes) is 3. The fraction of sp³-hybridized carbons (Fsp3) is 0.980. The summed E-state index contributed by atoms with van der Waals surface area (Å²) < 4.78 is 81.4. The van der Waals surface area contributed by atoms with Crippen molar-refractivity contribution in [3.8, 4) is 0 Å². The summed E-state index contributed by atoms with van der Waals surface area (Å²) in [5.41, 5.74) is 0. The summed E-state index contributed by atoms with van der Waals surface area (Å²) in [6.07, 6.45) is -66.7. The van der Waals surface area contributed by atoms with Crippen molar-refractivity contribution in [3.05, 3.63) is 0 Å². The van der Waals surface area contributed by atoms with E-state index in [0.717, 1.165) is 6.42 Å². The van der Waals surface area contributed by atoms with Crippen LogP contribution < -0.4 is 10.6 Å². The molecule has 87 heavy (non-hydrogen) atoms. The van der Waals surface area contributed by atoms with Gasteiger partial charge in [0.2, 0.25) is 5.91 Å². The lowest BCUT2D eigenvalue weighted by Crippen LogP contribution is -2.68. The van der Waals surface area contributed by atoms with Gasteiger partial charge in [0.1, 0.15) is 171 Å². The van der Waals surface area contributed by atoms with E-state index in [4.69, 9.17) is 66.3 Å². The van der Waals surface area contributed by atoms with Crippen LogP contribution in [-0.2, 0) is 71.1 Å². The Morgan fingerprint density at radius 3 is 0.678 bits per heavy atom. The Kier molecular flexibility index (Phi) is 25.9. The molecule has 21 aliphatic rings. The molecule has 21 saturated heterocycles. The monoisotopic (exact) mass is 1270 g/mol. The van der Waals surface area contributed by atoms with Crippen LogP contribution in [0, 0.1) is 0 Å². The predicted octanol–water partition coefficient (Wildman–Crippen LogP) is -13.9. The number of carbonyl (C=O) groups is 1. The van der Waals surface area contributed by atoms with Crippen LogP contribution in [0.3, 0.4) is 0 Å². The first-order valence-corrected chi connectivity index (χ1v) is 28.8. The Morgan fingerprint density at radius 2 is 0.471 bits per heavy atom. The van der Waals surface area contributed by atoms with E-state index in [-0.39, 0.29) is 12.5 Å². The van der Waals surface area contributed by atoms with Crippen LogP contribution >= 0.6 is 0 Å². The van der Waals surface area contributed by atoms with Gasteiger partial charge in [0.05, 0.1) is 39.6 Å². The summed E-state index contributed by atoms with van der Waals surface area (Å²) >= 11 is 0. The molecule has 14 bridgehead atoms. The molecule has 506 valence electrons. The third-order valence-corrected chi connectivity index (χ3v) is 16.6. The van der Waals surface area contributed by atoms with Crippen LogP contribution in [0.4, 0.5) is 0 Å². The normalized spacial score (nSPS) is 50.3. The molecule has 37 nitrogen and oxygen atoms in total. The highest BCUT2D eigenvalue weighted by molar-refractivity contribution is 5.72. The van der Waals surface area contributed by atoms with Crippen molar-refractivity contribution in [2.75, 3.05) is 59.3 Å². The van der Waals surface area contributed by atoms with E-state index < -0.39 is 255 Å². The number of hydrogen-bond donors (Lipinski definition) is 22. The SMILES string of the molecule is CC(=O)NCCCCCCNC[C@@H]1O[C@@H]2O[C@H]3[C@@H](O)[C@H](O)[C@@H](O[C@H]4[C@@H](O)[C@@H](O)[C@@H](O[C@H]5[C@H](O)[C@@H](O)[C@@H](O[C@H]6[C@H](O)[C@@H](O)[C@@H](O[C@H]7[C@H](O)[C@@H](O)[C@@H](O[C@H]8[C@@H](O)[C@H](O)[C@@H](O[C@H]1[C@H](O)[C@@H]2O)O[C@H]8CO)O[C@H]7CO)O[C@H]6CO)O[C@@H]5CO)O[C@@H]4CO)O[C@@H]3CO. The summed E-state index contributed by atoms with van der Waals surface area (Å²) in [5.74, 6) is -0.178. The lowest BCUT2D eigenvalue weighted by molar-refractivity contribution is -0.396. The maximum Gasteiger partial charge on any atom is 0.216 e. The molecule has 37 heteroatoms. The van der Waals surface area contributed by atoms with Crippen LogP contribution in [0.5, 0.6) is 0 Å². The molecular weight excluding hydrogens is 1190 g/mol. The van der Waals surface area contributed by atoms with Crippen LogP contribution in [0.1, 0.15) is 32.6 Å². The van der Waals surface area contributed by atoms with Gasteiger partial charge in [-0.15, -0.1) is 0 Å². The number of ether oxygens (including phenoxy) is 14. The molecule has 0 radical (unpaired) electrons. The van der Waals surface area contributed by atoms with Crippen molar-refractivity contribution in [2.24, 2.45) is 0 Å². The Labute approximate surface area is 495 Å². The Bertz CT molecular complexity index is 2070. The van der Waals surface area contributed by atoms with Gasteiger partial charge in [-0.1, -0.05) is 12.8 Å². The first kappa shape index (κ1) is 70.9. The second-order valence-corrected chi connectivity index (χ2v) is 22.6. The minimum absolute atomic E-state index is 0.178. The minimum atomic E-state index is -2.21. The van der Waals surface area contributed by atoms with Crippen molar-refractivity contribution in [3.63, 3.8) is 0 Å². The largest absolute Gasteiger partial charge is 0.394 e. The average Bonchev–Trinajstić information content (AvgIpc) is 2.42. The van der Waals surface area contributed by atoms with Gasteiger partial charge in [-0.3, -0.25) is 4.79 Å². The predicted molar refractivity (Wildman–Crippen MR) is 271 cm³/mol. The fourth-order valence-corrected chi connectivity index (χ4v) is 11.7. The van der Waals surface area contributed by atoms with E-state index in [2.05, 4.69) is 10.6 Å². The Hall–Kier alpha value is -1.93.